The van der Waals surface area contributed by atoms with Crippen LogP contribution in [0, 0.1) is 5.92 Å². The molecule has 0 aliphatic carbocycles. The largest absolute Gasteiger partial charge is 0.426 e. The van der Waals surface area contributed by atoms with Crippen LogP contribution in [0.2, 0.25) is 0 Å². The van der Waals surface area contributed by atoms with E-state index in [1.54, 1.807) is 38.1 Å². The van der Waals surface area contributed by atoms with Gasteiger partial charge in [-0.1, -0.05) is 19.9 Å². The number of carbonyl (C=O) groups is 2. The number of benzene rings is 1. The Morgan fingerprint density at radius 2 is 2.04 bits per heavy atom. The van der Waals surface area contributed by atoms with Crippen molar-refractivity contribution in [2.75, 3.05) is 7.05 Å². The first kappa shape index (κ1) is 18.5. The van der Waals surface area contributed by atoms with Gasteiger partial charge in [-0.05, 0) is 18.2 Å². The zero-order chi connectivity index (χ0) is 16.3. The summed E-state index contributed by atoms with van der Waals surface area (Å²) < 4.78 is 5.35. The van der Waals surface area contributed by atoms with Crippen LogP contribution in [0.4, 0.5) is 0 Å². The molecule has 1 heterocycles. The zero-order valence-electron chi connectivity index (χ0n) is 13.0. The van der Waals surface area contributed by atoms with E-state index < -0.39 is 5.91 Å². The Labute approximate surface area is 139 Å². The number of rotatable bonds is 3. The number of hydrogen-bond donors (Lipinski definition) is 3. The summed E-state index contributed by atoms with van der Waals surface area (Å²) in [6.07, 6.45) is 0. The molecule has 1 aromatic heterocycles. The maximum Gasteiger partial charge on any atom is 0.313 e. The first-order chi connectivity index (χ1) is 10.4. The summed E-state index contributed by atoms with van der Waals surface area (Å²) in [4.78, 5) is 30.4. The number of fused-ring (bicyclic) bond motifs is 1. The standard InChI is InChI=1S/C15H18N4O3.ClH/c1-8(2)14(21)22-12-6-4-5-10-9(12)7-11(18-10)13(20)19-15(16)17-3;/h4-8,18H,1-3H3,(H3,16,17,19,20);1H. The Morgan fingerprint density at radius 1 is 1.35 bits per heavy atom. The highest BCUT2D eigenvalue weighted by Crippen LogP contribution is 2.27. The number of aromatic nitrogens is 1. The van der Waals surface area contributed by atoms with Crippen molar-refractivity contribution in [3.8, 4) is 5.75 Å². The van der Waals surface area contributed by atoms with Crippen molar-refractivity contribution >= 4 is 41.1 Å². The highest BCUT2D eigenvalue weighted by atomic mass is 35.5. The van der Waals surface area contributed by atoms with E-state index in [1.807, 2.05) is 0 Å². The molecule has 2 aromatic rings. The van der Waals surface area contributed by atoms with Crippen LogP contribution in [-0.4, -0.2) is 29.9 Å². The summed E-state index contributed by atoms with van der Waals surface area (Å²) in [6.45, 7) is 3.51. The highest BCUT2D eigenvalue weighted by molar-refractivity contribution is 6.07. The average molecular weight is 339 g/mol. The molecule has 0 atom stereocenters. The number of halogens is 1. The zero-order valence-corrected chi connectivity index (χ0v) is 13.9. The Kier molecular flexibility index (Phi) is 6.15. The van der Waals surface area contributed by atoms with Gasteiger partial charge < -0.3 is 15.5 Å². The number of esters is 1. The van der Waals surface area contributed by atoms with Crippen LogP contribution in [0.25, 0.3) is 10.9 Å². The molecule has 7 nitrogen and oxygen atoms in total. The number of aliphatic imine (C=N–C) groups is 1. The van der Waals surface area contributed by atoms with Crippen LogP contribution in [0.1, 0.15) is 24.3 Å². The van der Waals surface area contributed by atoms with E-state index in [9.17, 15) is 9.59 Å². The van der Waals surface area contributed by atoms with Crippen LogP contribution < -0.4 is 15.8 Å². The maximum absolute atomic E-state index is 12.0. The number of amides is 1. The Hall–Kier alpha value is -2.54. The van der Waals surface area contributed by atoms with Gasteiger partial charge in [0.1, 0.15) is 11.4 Å². The number of nitrogens with one attached hydrogen (secondary N) is 2. The molecule has 8 heteroatoms. The van der Waals surface area contributed by atoms with E-state index >= 15 is 0 Å². The number of nitrogens with zero attached hydrogens (tertiary/aromatic N) is 1. The topological polar surface area (TPSA) is 110 Å². The fourth-order valence-corrected chi connectivity index (χ4v) is 1.80. The van der Waals surface area contributed by atoms with E-state index in [0.29, 0.717) is 22.3 Å². The summed E-state index contributed by atoms with van der Waals surface area (Å²) in [7, 11) is 1.48. The van der Waals surface area contributed by atoms with E-state index in [1.165, 1.54) is 7.05 Å². The van der Waals surface area contributed by atoms with Gasteiger partial charge in [0, 0.05) is 18.0 Å². The predicted octanol–water partition coefficient (Wildman–Crippen LogP) is 1.83. The second-order valence-corrected chi connectivity index (χ2v) is 5.04. The minimum atomic E-state index is -0.416. The number of guanidine groups is 1. The van der Waals surface area contributed by atoms with Gasteiger partial charge in [-0.15, -0.1) is 12.4 Å². The van der Waals surface area contributed by atoms with Crippen molar-refractivity contribution in [2.45, 2.75) is 13.8 Å². The van der Waals surface area contributed by atoms with Crippen molar-refractivity contribution in [3.05, 3.63) is 30.0 Å². The molecule has 0 spiro atoms. The molecule has 0 bridgehead atoms. The number of hydrogen-bond acceptors (Lipinski definition) is 4. The van der Waals surface area contributed by atoms with Gasteiger partial charge in [0.15, 0.2) is 5.96 Å². The number of nitrogens with two attached hydrogens (primary N) is 1. The van der Waals surface area contributed by atoms with E-state index in [-0.39, 0.29) is 30.3 Å². The second kappa shape index (κ2) is 7.64. The summed E-state index contributed by atoms with van der Waals surface area (Å²) in [5, 5.41) is 3.08. The quantitative estimate of drug-likeness (QED) is 0.343. The van der Waals surface area contributed by atoms with Gasteiger partial charge in [0.25, 0.3) is 5.91 Å². The van der Waals surface area contributed by atoms with Gasteiger partial charge in [-0.25, -0.2) is 0 Å². The molecule has 0 unspecified atom stereocenters. The Bertz CT molecular complexity index is 752. The van der Waals surface area contributed by atoms with E-state index in [2.05, 4.69) is 15.3 Å². The Morgan fingerprint density at radius 3 is 2.65 bits per heavy atom. The monoisotopic (exact) mass is 338 g/mol. The van der Waals surface area contributed by atoms with Gasteiger partial charge in [-0.3, -0.25) is 19.9 Å². The molecule has 0 fully saturated rings. The van der Waals surface area contributed by atoms with E-state index in [4.69, 9.17) is 10.5 Å². The molecule has 2 rings (SSSR count). The first-order valence-corrected chi connectivity index (χ1v) is 6.79. The lowest BCUT2D eigenvalue weighted by Gasteiger charge is -2.07. The van der Waals surface area contributed by atoms with Crippen LogP contribution in [0.15, 0.2) is 29.3 Å². The number of H-pyrrole nitrogens is 1. The molecule has 124 valence electrons. The fourth-order valence-electron chi connectivity index (χ4n) is 1.80. The van der Waals surface area contributed by atoms with Crippen molar-refractivity contribution in [3.63, 3.8) is 0 Å². The molecular weight excluding hydrogens is 320 g/mol. The lowest BCUT2D eigenvalue weighted by Crippen LogP contribution is -2.36. The molecule has 0 saturated heterocycles. The summed E-state index contributed by atoms with van der Waals surface area (Å²) in [5.41, 5.74) is 6.46. The third-order valence-corrected chi connectivity index (χ3v) is 3.03. The average Bonchev–Trinajstić information content (AvgIpc) is 2.92. The van der Waals surface area contributed by atoms with Gasteiger partial charge in [0.2, 0.25) is 0 Å². The van der Waals surface area contributed by atoms with Crippen LogP contribution in [0.3, 0.4) is 0 Å². The molecule has 23 heavy (non-hydrogen) atoms. The minimum Gasteiger partial charge on any atom is -0.426 e. The fraction of sp³-hybridized carbons (Fsp3) is 0.267. The smallest absolute Gasteiger partial charge is 0.313 e. The van der Waals surface area contributed by atoms with Gasteiger partial charge >= 0.3 is 5.97 Å². The third kappa shape index (κ3) is 4.23. The molecule has 0 radical (unpaired) electrons. The molecule has 0 aliphatic rings. The second-order valence-electron chi connectivity index (χ2n) is 5.04. The summed E-state index contributed by atoms with van der Waals surface area (Å²) in [5.74, 6) is -0.557. The first-order valence-electron chi connectivity index (χ1n) is 6.79. The van der Waals surface area contributed by atoms with Crippen molar-refractivity contribution in [1.82, 2.24) is 10.3 Å². The molecule has 0 saturated carbocycles. The molecule has 1 amide bonds. The van der Waals surface area contributed by atoms with E-state index in [0.717, 1.165) is 0 Å². The number of ether oxygens (including phenoxy) is 1. The molecule has 0 aliphatic heterocycles. The third-order valence-electron chi connectivity index (χ3n) is 3.03. The summed E-state index contributed by atoms with van der Waals surface area (Å²) >= 11 is 0. The number of aromatic amines is 1. The maximum atomic E-state index is 12.0. The van der Waals surface area contributed by atoms with Gasteiger partial charge in [0.05, 0.1) is 5.92 Å². The Balaban J connectivity index is 0.00000264. The normalized spacial score (nSPS) is 11.2. The lowest BCUT2D eigenvalue weighted by atomic mass is 10.2. The van der Waals surface area contributed by atoms with Crippen LogP contribution in [-0.2, 0) is 4.79 Å². The number of carbonyl (C=O) groups excluding carboxylic acids is 2. The molecule has 4 N–H and O–H groups in total. The highest BCUT2D eigenvalue weighted by Gasteiger charge is 2.16. The van der Waals surface area contributed by atoms with Crippen molar-refractivity contribution in [2.24, 2.45) is 16.6 Å². The predicted molar refractivity (Wildman–Crippen MR) is 91.0 cm³/mol. The van der Waals surface area contributed by atoms with Crippen molar-refractivity contribution in [1.29, 1.82) is 0 Å². The summed E-state index contributed by atoms with van der Waals surface area (Å²) in [6, 6.07) is 6.82. The SMILES string of the molecule is CN=C(N)NC(=O)c1cc2c(OC(=O)C(C)C)cccc2[nH]1.Cl. The minimum absolute atomic E-state index is 0. The molecule has 1 aromatic carbocycles. The van der Waals surface area contributed by atoms with Gasteiger partial charge in [-0.2, -0.15) is 0 Å². The van der Waals surface area contributed by atoms with Crippen molar-refractivity contribution < 1.29 is 14.3 Å². The van der Waals surface area contributed by atoms with Crippen LogP contribution in [0.5, 0.6) is 5.75 Å². The van der Waals surface area contributed by atoms with Crippen LogP contribution >= 0.6 is 12.4 Å². The molecular formula is C15H19ClN4O3. The lowest BCUT2D eigenvalue weighted by molar-refractivity contribution is -0.137.